The van der Waals surface area contributed by atoms with Crippen molar-refractivity contribution in [3.8, 4) is 5.75 Å². The van der Waals surface area contributed by atoms with Gasteiger partial charge in [-0.15, -0.1) is 0 Å². The van der Waals surface area contributed by atoms with Crippen LogP contribution in [0.5, 0.6) is 5.75 Å². The number of unbranched alkanes of at least 4 members (excludes halogenated alkanes) is 2. The molecular formula is C23H33F2NO2. The quantitative estimate of drug-likeness (QED) is 0.303. The first-order valence-electron chi connectivity index (χ1n) is 11.1. The van der Waals surface area contributed by atoms with Crippen molar-refractivity contribution in [1.82, 2.24) is 4.98 Å². The first-order chi connectivity index (χ1) is 13.6. The lowest BCUT2D eigenvalue weighted by Gasteiger charge is -2.37. The van der Waals surface area contributed by atoms with Crippen LogP contribution < -0.4 is 4.74 Å². The second-order valence-corrected chi connectivity index (χ2v) is 8.75. The van der Waals surface area contributed by atoms with Gasteiger partial charge in [0.25, 0.3) is 0 Å². The SMILES string of the molecule is CCCCCC1CCC(C2CCC(C(=O)Oc3cnc(F)c(F)c3)CC2)CC1. The molecule has 156 valence electrons. The highest BCUT2D eigenvalue weighted by atomic mass is 19.2. The number of pyridine rings is 1. The first kappa shape index (κ1) is 21.2. The largest absolute Gasteiger partial charge is 0.425 e. The minimum Gasteiger partial charge on any atom is -0.425 e. The molecule has 0 aliphatic heterocycles. The van der Waals surface area contributed by atoms with Crippen molar-refractivity contribution < 1.29 is 18.3 Å². The molecule has 3 nitrogen and oxygen atoms in total. The van der Waals surface area contributed by atoms with Gasteiger partial charge in [0.05, 0.1) is 12.1 Å². The van der Waals surface area contributed by atoms with E-state index >= 15 is 0 Å². The van der Waals surface area contributed by atoms with Crippen molar-refractivity contribution in [1.29, 1.82) is 0 Å². The van der Waals surface area contributed by atoms with Crippen LogP contribution in [0.25, 0.3) is 0 Å². The van der Waals surface area contributed by atoms with Crippen molar-refractivity contribution >= 4 is 5.97 Å². The summed E-state index contributed by atoms with van der Waals surface area (Å²) < 4.78 is 31.3. The van der Waals surface area contributed by atoms with Gasteiger partial charge in [0.15, 0.2) is 11.6 Å². The number of carbonyl (C=O) groups is 1. The Morgan fingerprint density at radius 2 is 1.68 bits per heavy atom. The number of hydrogen-bond donors (Lipinski definition) is 0. The fourth-order valence-electron chi connectivity index (χ4n) is 5.12. The Labute approximate surface area is 167 Å². The van der Waals surface area contributed by atoms with Crippen LogP contribution in [-0.4, -0.2) is 11.0 Å². The molecule has 1 heterocycles. The molecule has 0 N–H and O–H groups in total. The fraction of sp³-hybridized carbons (Fsp3) is 0.739. The third-order valence-corrected chi connectivity index (χ3v) is 6.87. The molecule has 5 heteroatoms. The van der Waals surface area contributed by atoms with Crippen LogP contribution in [-0.2, 0) is 4.79 Å². The predicted octanol–water partition coefficient (Wildman–Crippen LogP) is 6.46. The molecule has 2 saturated carbocycles. The molecule has 0 bridgehead atoms. The topological polar surface area (TPSA) is 39.2 Å². The molecule has 0 atom stereocenters. The number of carbonyl (C=O) groups excluding carboxylic acids is 1. The highest BCUT2D eigenvalue weighted by molar-refractivity contribution is 5.75. The van der Waals surface area contributed by atoms with Crippen molar-refractivity contribution in [3.63, 3.8) is 0 Å². The van der Waals surface area contributed by atoms with E-state index in [1.165, 1.54) is 51.4 Å². The normalized spacial score (nSPS) is 28.1. The highest BCUT2D eigenvalue weighted by Crippen LogP contribution is 2.42. The van der Waals surface area contributed by atoms with Gasteiger partial charge < -0.3 is 4.74 Å². The monoisotopic (exact) mass is 393 g/mol. The van der Waals surface area contributed by atoms with Gasteiger partial charge in [0, 0.05) is 6.07 Å². The molecule has 2 aliphatic rings. The van der Waals surface area contributed by atoms with Crippen molar-refractivity contribution in [3.05, 3.63) is 24.0 Å². The van der Waals surface area contributed by atoms with Crippen LogP contribution in [0.2, 0.25) is 0 Å². The van der Waals surface area contributed by atoms with Crippen LogP contribution in [0.1, 0.15) is 84.0 Å². The zero-order valence-electron chi connectivity index (χ0n) is 17.0. The maximum Gasteiger partial charge on any atom is 0.314 e. The second-order valence-electron chi connectivity index (χ2n) is 8.75. The van der Waals surface area contributed by atoms with Crippen LogP contribution >= 0.6 is 0 Å². The van der Waals surface area contributed by atoms with Gasteiger partial charge in [-0.25, -0.2) is 9.37 Å². The Hall–Kier alpha value is -1.52. The molecule has 0 amide bonds. The lowest BCUT2D eigenvalue weighted by atomic mass is 9.68. The summed E-state index contributed by atoms with van der Waals surface area (Å²) in [5.41, 5.74) is 0. The first-order valence-corrected chi connectivity index (χ1v) is 11.1. The Bertz CT molecular complexity index is 635. The molecule has 28 heavy (non-hydrogen) atoms. The van der Waals surface area contributed by atoms with E-state index < -0.39 is 11.8 Å². The average molecular weight is 394 g/mol. The molecule has 3 rings (SSSR count). The second kappa shape index (κ2) is 10.3. The van der Waals surface area contributed by atoms with E-state index in [1.54, 1.807) is 0 Å². The van der Waals surface area contributed by atoms with Crippen LogP contribution in [0.3, 0.4) is 0 Å². The van der Waals surface area contributed by atoms with Crippen LogP contribution in [0.4, 0.5) is 8.78 Å². The summed E-state index contributed by atoms with van der Waals surface area (Å²) in [6.45, 7) is 2.26. The van der Waals surface area contributed by atoms with E-state index in [2.05, 4.69) is 11.9 Å². The number of esters is 1. The van der Waals surface area contributed by atoms with E-state index in [1.807, 2.05) is 0 Å². The van der Waals surface area contributed by atoms with E-state index in [4.69, 9.17) is 4.74 Å². The number of nitrogens with zero attached hydrogens (tertiary/aromatic N) is 1. The maximum absolute atomic E-state index is 13.2. The lowest BCUT2D eigenvalue weighted by molar-refractivity contribution is -0.140. The van der Waals surface area contributed by atoms with Gasteiger partial charge in [-0.1, -0.05) is 45.4 Å². The van der Waals surface area contributed by atoms with Gasteiger partial charge in [-0.05, 0) is 56.3 Å². The minimum atomic E-state index is -1.18. The molecule has 0 unspecified atom stereocenters. The van der Waals surface area contributed by atoms with E-state index in [0.717, 1.165) is 55.7 Å². The van der Waals surface area contributed by atoms with Crippen molar-refractivity contribution in [2.24, 2.45) is 23.7 Å². The van der Waals surface area contributed by atoms with Crippen LogP contribution in [0, 0.1) is 35.4 Å². The minimum absolute atomic E-state index is 0.0209. The zero-order chi connectivity index (χ0) is 19.9. The molecule has 0 spiro atoms. The molecule has 0 saturated heterocycles. The Morgan fingerprint density at radius 3 is 2.29 bits per heavy atom. The summed E-state index contributed by atoms with van der Waals surface area (Å²) in [4.78, 5) is 15.6. The summed E-state index contributed by atoms with van der Waals surface area (Å²) in [6, 6.07) is 0.880. The van der Waals surface area contributed by atoms with Crippen LogP contribution in [0.15, 0.2) is 12.3 Å². The molecule has 2 aliphatic carbocycles. The van der Waals surface area contributed by atoms with Gasteiger partial charge >= 0.3 is 5.97 Å². The molecule has 1 aromatic rings. The number of rotatable bonds is 7. The summed E-state index contributed by atoms with van der Waals surface area (Å²) in [7, 11) is 0. The zero-order valence-corrected chi connectivity index (χ0v) is 17.0. The Kier molecular flexibility index (Phi) is 7.81. The third kappa shape index (κ3) is 5.74. The van der Waals surface area contributed by atoms with Gasteiger partial charge in [-0.3, -0.25) is 4.79 Å². The highest BCUT2D eigenvalue weighted by Gasteiger charge is 2.33. The molecule has 1 aromatic heterocycles. The van der Waals surface area contributed by atoms with Crippen molar-refractivity contribution in [2.75, 3.05) is 0 Å². The molecule has 2 fully saturated rings. The smallest absolute Gasteiger partial charge is 0.314 e. The Morgan fingerprint density at radius 1 is 1.04 bits per heavy atom. The van der Waals surface area contributed by atoms with Gasteiger partial charge in [0.1, 0.15) is 0 Å². The average Bonchev–Trinajstić information content (AvgIpc) is 2.72. The maximum atomic E-state index is 13.2. The van der Waals surface area contributed by atoms with Crippen molar-refractivity contribution in [2.45, 2.75) is 84.0 Å². The van der Waals surface area contributed by atoms with Gasteiger partial charge in [-0.2, -0.15) is 4.39 Å². The molecule has 0 aromatic carbocycles. The number of hydrogen-bond acceptors (Lipinski definition) is 3. The Balaban J connectivity index is 1.39. The summed E-state index contributed by atoms with van der Waals surface area (Å²) in [5, 5.41) is 0. The molecule has 0 radical (unpaired) electrons. The number of ether oxygens (including phenoxy) is 1. The third-order valence-electron chi connectivity index (χ3n) is 6.87. The standard InChI is InChI=1S/C23H33F2NO2/c1-2-3-4-5-16-6-8-17(9-7-16)18-10-12-19(13-11-18)23(27)28-20-14-21(24)22(25)26-15-20/h14-19H,2-13H2,1H3. The summed E-state index contributed by atoms with van der Waals surface area (Å²) >= 11 is 0. The summed E-state index contributed by atoms with van der Waals surface area (Å²) in [5.74, 6) is -0.313. The number of halogens is 2. The fourth-order valence-corrected chi connectivity index (χ4v) is 5.12. The molecular weight excluding hydrogens is 360 g/mol. The van der Waals surface area contributed by atoms with E-state index in [9.17, 15) is 13.6 Å². The van der Waals surface area contributed by atoms with E-state index in [0.29, 0.717) is 0 Å². The van der Waals surface area contributed by atoms with E-state index in [-0.39, 0.29) is 17.6 Å². The number of aromatic nitrogens is 1. The predicted molar refractivity (Wildman–Crippen MR) is 105 cm³/mol. The summed E-state index contributed by atoms with van der Waals surface area (Å²) in [6.07, 6.45) is 15.7. The lowest BCUT2D eigenvalue weighted by Crippen LogP contribution is -2.30. The van der Waals surface area contributed by atoms with Gasteiger partial charge in [0.2, 0.25) is 5.95 Å².